The molecule has 1 atom stereocenters. The fourth-order valence-corrected chi connectivity index (χ4v) is 3.09. The molecule has 1 aromatic rings. The Morgan fingerprint density at radius 3 is 2.62 bits per heavy atom. The third kappa shape index (κ3) is 4.81. The average molecular weight is 331 g/mol. The van der Waals surface area contributed by atoms with Gasteiger partial charge >= 0.3 is 0 Å². The maximum Gasteiger partial charge on any atom is 0.227 e. The summed E-state index contributed by atoms with van der Waals surface area (Å²) in [4.78, 5) is 28.5. The van der Waals surface area contributed by atoms with Gasteiger partial charge in [0.1, 0.15) is 0 Å². The Morgan fingerprint density at radius 1 is 1.25 bits per heavy atom. The molecule has 0 aliphatic carbocycles. The van der Waals surface area contributed by atoms with Crippen molar-refractivity contribution in [3.8, 4) is 0 Å². The zero-order valence-electron chi connectivity index (χ0n) is 15.2. The topological polar surface area (TPSA) is 52.7 Å². The molecule has 1 N–H and O–H groups in total. The van der Waals surface area contributed by atoms with Crippen LogP contribution in [0, 0.1) is 0 Å². The third-order valence-electron chi connectivity index (χ3n) is 4.41. The van der Waals surface area contributed by atoms with E-state index in [4.69, 9.17) is 0 Å². The minimum atomic E-state index is 0.0167. The molecule has 1 aliphatic rings. The van der Waals surface area contributed by atoms with Crippen LogP contribution in [0.3, 0.4) is 0 Å². The van der Waals surface area contributed by atoms with Crippen molar-refractivity contribution in [3.63, 3.8) is 0 Å². The van der Waals surface area contributed by atoms with Crippen molar-refractivity contribution < 1.29 is 9.59 Å². The molecule has 5 nitrogen and oxygen atoms in total. The van der Waals surface area contributed by atoms with Crippen LogP contribution in [0.5, 0.6) is 0 Å². The van der Waals surface area contributed by atoms with Gasteiger partial charge in [-0.3, -0.25) is 9.59 Å². The Balaban J connectivity index is 1.99. The van der Waals surface area contributed by atoms with E-state index in [1.807, 2.05) is 36.9 Å². The summed E-state index contributed by atoms with van der Waals surface area (Å²) in [5.41, 5.74) is 2.24. The van der Waals surface area contributed by atoms with E-state index in [2.05, 4.69) is 30.4 Å². The van der Waals surface area contributed by atoms with Gasteiger partial charge in [-0.25, -0.2) is 0 Å². The number of nitrogens with zero attached hydrogens (tertiary/aromatic N) is 2. The molecule has 0 saturated carbocycles. The number of carbonyl (C=O) groups is 2. The lowest BCUT2D eigenvalue weighted by molar-refractivity contribution is -0.122. The lowest BCUT2D eigenvalue weighted by Crippen LogP contribution is -2.48. The van der Waals surface area contributed by atoms with Crippen LogP contribution in [0.25, 0.3) is 0 Å². The summed E-state index contributed by atoms with van der Waals surface area (Å²) in [5, 5.41) is 2.86. The van der Waals surface area contributed by atoms with Crippen LogP contribution in [-0.2, 0) is 16.0 Å². The Bertz CT molecular complexity index is 584. The molecule has 132 valence electrons. The van der Waals surface area contributed by atoms with Gasteiger partial charge in [-0.2, -0.15) is 0 Å². The van der Waals surface area contributed by atoms with Crippen LogP contribution in [0.15, 0.2) is 24.3 Å². The largest absolute Gasteiger partial charge is 0.354 e. The summed E-state index contributed by atoms with van der Waals surface area (Å²) >= 11 is 0. The second-order valence-electron chi connectivity index (χ2n) is 7.03. The predicted octanol–water partition coefficient (Wildman–Crippen LogP) is 2.20. The van der Waals surface area contributed by atoms with Crippen molar-refractivity contribution in [1.82, 2.24) is 10.2 Å². The first-order valence-corrected chi connectivity index (χ1v) is 8.72. The fourth-order valence-electron chi connectivity index (χ4n) is 3.09. The molecule has 1 heterocycles. The van der Waals surface area contributed by atoms with Crippen LogP contribution < -0.4 is 10.2 Å². The molecular formula is C19H29N3O2. The highest BCUT2D eigenvalue weighted by Crippen LogP contribution is 2.29. The number of para-hydroxylation sites is 1. The van der Waals surface area contributed by atoms with Crippen molar-refractivity contribution in [2.75, 3.05) is 25.5 Å². The molecule has 0 fully saturated rings. The van der Waals surface area contributed by atoms with Gasteiger partial charge in [-0.1, -0.05) is 18.2 Å². The summed E-state index contributed by atoms with van der Waals surface area (Å²) < 4.78 is 0. The van der Waals surface area contributed by atoms with Crippen molar-refractivity contribution in [3.05, 3.63) is 29.8 Å². The maximum atomic E-state index is 12.7. The van der Waals surface area contributed by atoms with Crippen LogP contribution in [0.4, 0.5) is 5.69 Å². The zero-order chi connectivity index (χ0) is 17.7. The molecule has 0 aromatic heterocycles. The molecule has 1 aliphatic heterocycles. The van der Waals surface area contributed by atoms with Crippen LogP contribution >= 0.6 is 0 Å². The lowest BCUT2D eigenvalue weighted by atomic mass is 9.96. The van der Waals surface area contributed by atoms with Gasteiger partial charge in [0.25, 0.3) is 0 Å². The summed E-state index contributed by atoms with van der Waals surface area (Å²) in [6.45, 7) is 4.59. The van der Waals surface area contributed by atoms with Gasteiger partial charge in [-0.15, -0.1) is 0 Å². The van der Waals surface area contributed by atoms with E-state index in [9.17, 15) is 9.59 Å². The van der Waals surface area contributed by atoms with Gasteiger partial charge in [0, 0.05) is 37.2 Å². The van der Waals surface area contributed by atoms with Crippen LogP contribution in [0.2, 0.25) is 0 Å². The standard InChI is InChI=1S/C19H29N3O2/c1-14(2)20-18(23)10-7-11-19(24)22-13-16(21(3)4)12-15-8-5-6-9-17(15)22/h5-6,8-9,14,16H,7,10-13H2,1-4H3,(H,20,23). The second-order valence-corrected chi connectivity index (χ2v) is 7.03. The van der Waals surface area contributed by atoms with E-state index in [0.717, 1.165) is 12.1 Å². The smallest absolute Gasteiger partial charge is 0.227 e. The molecule has 0 radical (unpaired) electrons. The van der Waals surface area contributed by atoms with Gasteiger partial charge in [0.15, 0.2) is 0 Å². The fraction of sp³-hybridized carbons (Fsp3) is 0.579. The Labute approximate surface area is 145 Å². The zero-order valence-corrected chi connectivity index (χ0v) is 15.2. The lowest BCUT2D eigenvalue weighted by Gasteiger charge is -2.37. The Morgan fingerprint density at radius 2 is 1.96 bits per heavy atom. The van der Waals surface area contributed by atoms with Gasteiger partial charge < -0.3 is 15.1 Å². The summed E-state index contributed by atoms with van der Waals surface area (Å²) in [6, 6.07) is 8.59. The number of hydrogen-bond donors (Lipinski definition) is 1. The monoisotopic (exact) mass is 331 g/mol. The van der Waals surface area contributed by atoms with Gasteiger partial charge in [0.05, 0.1) is 0 Å². The molecule has 2 amide bonds. The Hall–Kier alpha value is -1.88. The number of hydrogen-bond acceptors (Lipinski definition) is 3. The first kappa shape index (κ1) is 18.5. The Kier molecular flexibility index (Phi) is 6.37. The molecule has 0 saturated heterocycles. The van der Waals surface area contributed by atoms with Gasteiger partial charge in [-0.05, 0) is 52.4 Å². The third-order valence-corrected chi connectivity index (χ3v) is 4.41. The van der Waals surface area contributed by atoms with Crippen LogP contribution in [-0.4, -0.2) is 49.4 Å². The van der Waals surface area contributed by atoms with Gasteiger partial charge in [0.2, 0.25) is 11.8 Å². The minimum Gasteiger partial charge on any atom is -0.354 e. The number of nitrogens with one attached hydrogen (secondary N) is 1. The number of benzene rings is 1. The van der Waals surface area contributed by atoms with Crippen molar-refractivity contribution in [1.29, 1.82) is 0 Å². The summed E-state index contributed by atoms with van der Waals surface area (Å²) in [5.74, 6) is 0.120. The van der Waals surface area contributed by atoms with E-state index in [-0.39, 0.29) is 17.9 Å². The SMILES string of the molecule is CC(C)NC(=O)CCCC(=O)N1CC(N(C)C)Cc2ccccc21. The quantitative estimate of drug-likeness (QED) is 0.869. The number of likely N-dealkylation sites (N-methyl/N-ethyl adjacent to an activating group) is 1. The van der Waals surface area contributed by atoms with E-state index < -0.39 is 0 Å². The minimum absolute atomic E-state index is 0.0167. The summed E-state index contributed by atoms with van der Waals surface area (Å²) in [6.07, 6.45) is 2.35. The number of anilines is 1. The highest BCUT2D eigenvalue weighted by Gasteiger charge is 2.28. The molecular weight excluding hydrogens is 302 g/mol. The van der Waals surface area contributed by atoms with E-state index in [1.54, 1.807) is 0 Å². The number of amides is 2. The highest BCUT2D eigenvalue weighted by molar-refractivity contribution is 5.95. The number of fused-ring (bicyclic) bond motifs is 1. The van der Waals surface area contributed by atoms with E-state index >= 15 is 0 Å². The van der Waals surface area contributed by atoms with Crippen molar-refractivity contribution >= 4 is 17.5 Å². The first-order valence-electron chi connectivity index (χ1n) is 8.72. The van der Waals surface area contributed by atoms with Crippen molar-refractivity contribution in [2.45, 2.75) is 51.6 Å². The first-order chi connectivity index (χ1) is 11.4. The molecule has 0 spiro atoms. The van der Waals surface area contributed by atoms with E-state index in [0.29, 0.717) is 31.8 Å². The second kappa shape index (κ2) is 8.29. The predicted molar refractivity (Wildman–Crippen MR) is 97.1 cm³/mol. The molecule has 1 aromatic carbocycles. The summed E-state index contributed by atoms with van der Waals surface area (Å²) in [7, 11) is 4.11. The molecule has 0 bridgehead atoms. The van der Waals surface area contributed by atoms with Crippen LogP contribution in [0.1, 0.15) is 38.7 Å². The molecule has 2 rings (SSSR count). The molecule has 5 heteroatoms. The average Bonchev–Trinajstić information content (AvgIpc) is 2.52. The molecule has 24 heavy (non-hydrogen) atoms. The highest BCUT2D eigenvalue weighted by atomic mass is 16.2. The van der Waals surface area contributed by atoms with Crippen molar-refractivity contribution in [2.24, 2.45) is 0 Å². The number of carbonyl (C=O) groups excluding carboxylic acids is 2. The normalized spacial score (nSPS) is 17.1. The molecule has 1 unspecified atom stereocenters. The number of rotatable bonds is 6. The van der Waals surface area contributed by atoms with E-state index in [1.165, 1.54) is 5.56 Å². The maximum absolute atomic E-state index is 12.7.